The van der Waals surface area contributed by atoms with E-state index in [4.69, 9.17) is 9.47 Å². The predicted octanol–water partition coefficient (Wildman–Crippen LogP) is 0.504. The van der Waals surface area contributed by atoms with Crippen molar-refractivity contribution >= 4 is 5.91 Å². The molecular formula is C13H18N2O3. The third-order valence-electron chi connectivity index (χ3n) is 2.86. The van der Waals surface area contributed by atoms with Crippen LogP contribution in [0.15, 0.2) is 24.3 Å². The number of benzene rings is 1. The molecule has 0 saturated carbocycles. The van der Waals surface area contributed by atoms with Gasteiger partial charge in [-0.25, -0.2) is 0 Å². The van der Waals surface area contributed by atoms with Crippen LogP contribution in [-0.2, 0) is 4.79 Å². The number of ether oxygens (including phenoxy) is 2. The molecule has 1 aliphatic rings. The van der Waals surface area contributed by atoms with Crippen LogP contribution in [0.5, 0.6) is 11.5 Å². The number of carbonyl (C=O) groups excluding carboxylic acids is 1. The summed E-state index contributed by atoms with van der Waals surface area (Å²) in [7, 11) is 3.62. The molecule has 1 heterocycles. The predicted molar refractivity (Wildman–Crippen MR) is 67.9 cm³/mol. The van der Waals surface area contributed by atoms with Crippen LogP contribution >= 0.6 is 0 Å². The van der Waals surface area contributed by atoms with Gasteiger partial charge in [0.15, 0.2) is 11.5 Å². The molecule has 1 aromatic rings. The van der Waals surface area contributed by atoms with Crippen molar-refractivity contribution in [2.75, 3.05) is 33.8 Å². The van der Waals surface area contributed by atoms with Crippen molar-refractivity contribution in [1.29, 1.82) is 0 Å². The van der Waals surface area contributed by atoms with Crippen LogP contribution in [0.3, 0.4) is 0 Å². The Balaban J connectivity index is 1.98. The molecule has 18 heavy (non-hydrogen) atoms. The molecular weight excluding hydrogens is 232 g/mol. The molecule has 0 fully saturated rings. The number of nitrogens with zero attached hydrogens (tertiary/aromatic N) is 1. The topological polar surface area (TPSA) is 50.8 Å². The average molecular weight is 250 g/mol. The van der Waals surface area contributed by atoms with Crippen LogP contribution in [0.1, 0.15) is 0 Å². The Hall–Kier alpha value is -1.75. The number of hydrogen-bond donors (Lipinski definition) is 1. The summed E-state index contributed by atoms with van der Waals surface area (Å²) in [5.41, 5.74) is 0. The van der Waals surface area contributed by atoms with Gasteiger partial charge >= 0.3 is 0 Å². The molecule has 0 aromatic heterocycles. The van der Waals surface area contributed by atoms with Crippen molar-refractivity contribution in [3.63, 3.8) is 0 Å². The van der Waals surface area contributed by atoms with Crippen LogP contribution in [0.2, 0.25) is 0 Å². The summed E-state index contributed by atoms with van der Waals surface area (Å²) in [5, 5.41) is 3.01. The fourth-order valence-corrected chi connectivity index (χ4v) is 1.78. The Kier molecular flexibility index (Phi) is 4.04. The van der Waals surface area contributed by atoms with Gasteiger partial charge in [0.05, 0.1) is 0 Å². The summed E-state index contributed by atoms with van der Waals surface area (Å²) < 4.78 is 11.2. The van der Waals surface area contributed by atoms with E-state index >= 15 is 0 Å². The summed E-state index contributed by atoms with van der Waals surface area (Å²) in [6, 6.07) is 7.38. The van der Waals surface area contributed by atoms with Crippen molar-refractivity contribution in [2.24, 2.45) is 0 Å². The zero-order valence-corrected chi connectivity index (χ0v) is 10.7. The Morgan fingerprint density at radius 2 is 2.17 bits per heavy atom. The lowest BCUT2D eigenvalue weighted by molar-refractivity contribution is -0.139. The van der Waals surface area contributed by atoms with E-state index in [1.54, 1.807) is 11.9 Å². The lowest BCUT2D eigenvalue weighted by Crippen LogP contribution is -2.46. The number of amides is 1. The van der Waals surface area contributed by atoms with Gasteiger partial charge in [-0.15, -0.1) is 0 Å². The minimum Gasteiger partial charge on any atom is -0.485 e. The summed E-state index contributed by atoms with van der Waals surface area (Å²) in [5.74, 6) is 1.27. The molecule has 98 valence electrons. The number of nitrogens with one attached hydrogen (secondary N) is 1. The number of hydrogen-bond acceptors (Lipinski definition) is 4. The zero-order valence-electron chi connectivity index (χ0n) is 10.7. The van der Waals surface area contributed by atoms with Gasteiger partial charge in [-0.3, -0.25) is 4.79 Å². The van der Waals surface area contributed by atoms with E-state index in [1.165, 1.54) is 0 Å². The molecule has 2 rings (SSSR count). The quantitative estimate of drug-likeness (QED) is 0.845. The second kappa shape index (κ2) is 5.73. The number of rotatable bonds is 4. The third kappa shape index (κ3) is 2.73. The summed E-state index contributed by atoms with van der Waals surface area (Å²) in [4.78, 5) is 13.8. The highest BCUT2D eigenvalue weighted by atomic mass is 16.6. The van der Waals surface area contributed by atoms with Crippen molar-refractivity contribution in [3.8, 4) is 11.5 Å². The summed E-state index contributed by atoms with van der Waals surface area (Å²) >= 11 is 0. The van der Waals surface area contributed by atoms with Crippen LogP contribution in [-0.4, -0.2) is 50.7 Å². The van der Waals surface area contributed by atoms with Crippen LogP contribution in [0.25, 0.3) is 0 Å². The molecule has 5 heteroatoms. The fraction of sp³-hybridized carbons (Fsp3) is 0.462. The fourth-order valence-electron chi connectivity index (χ4n) is 1.78. The highest BCUT2D eigenvalue weighted by molar-refractivity contribution is 5.81. The molecule has 0 aliphatic carbocycles. The van der Waals surface area contributed by atoms with E-state index in [-0.39, 0.29) is 12.5 Å². The Morgan fingerprint density at radius 1 is 1.44 bits per heavy atom. The summed E-state index contributed by atoms with van der Waals surface area (Å²) in [6.45, 7) is 1.67. The van der Waals surface area contributed by atoms with Gasteiger partial charge in [0.2, 0.25) is 6.10 Å². The lowest BCUT2D eigenvalue weighted by atomic mass is 10.2. The van der Waals surface area contributed by atoms with Gasteiger partial charge in [-0.2, -0.15) is 0 Å². The first-order chi connectivity index (χ1) is 8.72. The molecule has 0 saturated heterocycles. The van der Waals surface area contributed by atoms with Gasteiger partial charge in [-0.05, 0) is 19.2 Å². The summed E-state index contributed by atoms with van der Waals surface area (Å²) in [6.07, 6.45) is -0.554. The Labute approximate surface area is 107 Å². The van der Waals surface area contributed by atoms with Crippen LogP contribution in [0.4, 0.5) is 0 Å². The van der Waals surface area contributed by atoms with Crippen molar-refractivity contribution in [3.05, 3.63) is 24.3 Å². The average Bonchev–Trinajstić information content (AvgIpc) is 2.43. The molecule has 1 N–H and O–H groups in total. The number of likely N-dealkylation sites (N-methyl/N-ethyl adjacent to an activating group) is 2. The molecule has 0 bridgehead atoms. The van der Waals surface area contributed by atoms with E-state index in [0.717, 1.165) is 6.54 Å². The molecule has 1 atom stereocenters. The van der Waals surface area contributed by atoms with Crippen molar-refractivity contribution in [1.82, 2.24) is 10.2 Å². The maximum Gasteiger partial charge on any atom is 0.267 e. The highest BCUT2D eigenvalue weighted by Crippen LogP contribution is 2.31. The zero-order chi connectivity index (χ0) is 13.0. The molecule has 0 spiro atoms. The molecule has 1 aromatic carbocycles. The number of fused-ring (bicyclic) bond motifs is 1. The van der Waals surface area contributed by atoms with E-state index in [0.29, 0.717) is 18.0 Å². The van der Waals surface area contributed by atoms with Crippen molar-refractivity contribution in [2.45, 2.75) is 6.10 Å². The van der Waals surface area contributed by atoms with Gasteiger partial charge in [0.1, 0.15) is 6.61 Å². The first-order valence-electron chi connectivity index (χ1n) is 6.00. The highest BCUT2D eigenvalue weighted by Gasteiger charge is 2.29. The molecule has 1 amide bonds. The second-order valence-electron chi connectivity index (χ2n) is 4.23. The first-order valence-corrected chi connectivity index (χ1v) is 6.00. The smallest absolute Gasteiger partial charge is 0.267 e. The molecule has 5 nitrogen and oxygen atoms in total. The first kappa shape index (κ1) is 12.7. The standard InChI is InChI=1S/C13H18N2O3/c1-14-7-8-15(2)13(16)12-9-17-10-5-3-4-6-11(10)18-12/h3-6,12,14H,7-9H2,1-2H3. The monoisotopic (exact) mass is 250 g/mol. The molecule has 1 aliphatic heterocycles. The Morgan fingerprint density at radius 3 is 2.89 bits per heavy atom. The number of carbonyl (C=O) groups is 1. The second-order valence-corrected chi connectivity index (χ2v) is 4.23. The third-order valence-corrected chi connectivity index (χ3v) is 2.86. The minimum absolute atomic E-state index is 0.0558. The minimum atomic E-state index is -0.554. The van der Waals surface area contributed by atoms with Gasteiger partial charge in [0, 0.05) is 20.1 Å². The van der Waals surface area contributed by atoms with Gasteiger partial charge < -0.3 is 19.7 Å². The molecule has 1 unspecified atom stereocenters. The lowest BCUT2D eigenvalue weighted by Gasteiger charge is -2.28. The van der Waals surface area contributed by atoms with Gasteiger partial charge in [0.25, 0.3) is 5.91 Å². The van der Waals surface area contributed by atoms with Crippen LogP contribution < -0.4 is 14.8 Å². The normalized spacial score (nSPS) is 17.3. The van der Waals surface area contributed by atoms with Crippen molar-refractivity contribution < 1.29 is 14.3 Å². The molecule has 0 radical (unpaired) electrons. The maximum atomic E-state index is 12.1. The van der Waals surface area contributed by atoms with E-state index in [9.17, 15) is 4.79 Å². The van der Waals surface area contributed by atoms with Crippen LogP contribution in [0, 0.1) is 0 Å². The van der Waals surface area contributed by atoms with E-state index in [1.807, 2.05) is 31.3 Å². The van der Waals surface area contributed by atoms with E-state index < -0.39 is 6.10 Å². The maximum absolute atomic E-state index is 12.1. The Bertz CT molecular complexity index is 422. The largest absolute Gasteiger partial charge is 0.485 e. The number of para-hydroxylation sites is 2. The van der Waals surface area contributed by atoms with Gasteiger partial charge in [-0.1, -0.05) is 12.1 Å². The van der Waals surface area contributed by atoms with E-state index in [2.05, 4.69) is 5.32 Å². The SMILES string of the molecule is CNCCN(C)C(=O)C1COc2ccccc2O1.